The summed E-state index contributed by atoms with van der Waals surface area (Å²) in [5.41, 5.74) is 0.803. The Morgan fingerprint density at radius 2 is 1.24 bits per heavy atom. The Balaban J connectivity index is 2.13. The summed E-state index contributed by atoms with van der Waals surface area (Å²) in [5, 5.41) is 9.23. The molecular weight excluding hydrogens is 424 g/mol. The van der Waals surface area contributed by atoms with Crippen LogP contribution in [0.15, 0.2) is 91.1 Å². The summed E-state index contributed by atoms with van der Waals surface area (Å²) < 4.78 is 5.21. The van der Waals surface area contributed by atoms with Crippen molar-refractivity contribution in [1.82, 2.24) is 0 Å². The number of carbonyl (C=O) groups is 2. The van der Waals surface area contributed by atoms with E-state index in [2.05, 4.69) is 67.7 Å². The molecule has 0 aliphatic carbocycles. The number of carboxylic acids is 1. The summed E-state index contributed by atoms with van der Waals surface area (Å²) in [6.07, 6.45) is 32.1. The van der Waals surface area contributed by atoms with Crippen LogP contribution >= 0.6 is 0 Å². The average Bonchev–Trinajstić information content (AvgIpc) is 2.81. The molecule has 1 aromatic carbocycles. The Labute approximate surface area is 204 Å². The average molecular weight is 463 g/mol. The number of hydrogen-bond acceptors (Lipinski definition) is 3. The first-order valence-corrected chi connectivity index (χ1v) is 12.0. The standard InChI is InChI=1S/C30H38O4/c1-3-4-5-6-7-8-9-10-11-12-13-14-15-16-17-18-19-20-21-22-29(31)34-28-24-23-26(2)25-27(28)30(32)33/h4-5,7-8,10-11,13-14,16-17,19-20,23-25H,3,6,9,12,15,18,21-22H2,1-2H3,(H,32,33)/b5-4-,8-7-,11-10-,14-13-,17-16-,20-19-. The Morgan fingerprint density at radius 1 is 0.765 bits per heavy atom. The van der Waals surface area contributed by atoms with Gasteiger partial charge in [-0.2, -0.15) is 0 Å². The van der Waals surface area contributed by atoms with E-state index in [0.717, 1.165) is 44.1 Å². The number of benzene rings is 1. The first-order chi connectivity index (χ1) is 16.5. The smallest absolute Gasteiger partial charge is 0.339 e. The quantitative estimate of drug-likeness (QED) is 0.153. The highest BCUT2D eigenvalue weighted by atomic mass is 16.5. The topological polar surface area (TPSA) is 63.6 Å². The van der Waals surface area contributed by atoms with Crippen molar-refractivity contribution < 1.29 is 19.4 Å². The van der Waals surface area contributed by atoms with Gasteiger partial charge in [0.1, 0.15) is 11.3 Å². The van der Waals surface area contributed by atoms with Gasteiger partial charge in [0.05, 0.1) is 0 Å². The lowest BCUT2D eigenvalue weighted by Crippen LogP contribution is -2.10. The normalized spacial score (nSPS) is 12.4. The molecule has 1 rings (SSSR count). The summed E-state index contributed by atoms with van der Waals surface area (Å²) >= 11 is 0. The molecule has 0 spiro atoms. The monoisotopic (exact) mass is 462 g/mol. The molecule has 0 saturated carbocycles. The van der Waals surface area contributed by atoms with Gasteiger partial charge < -0.3 is 9.84 Å². The van der Waals surface area contributed by atoms with E-state index in [1.165, 1.54) is 12.1 Å². The number of aryl methyl sites for hydroxylation is 1. The van der Waals surface area contributed by atoms with E-state index in [4.69, 9.17) is 4.74 Å². The number of esters is 1. The van der Waals surface area contributed by atoms with Crippen LogP contribution in [0.1, 0.15) is 74.2 Å². The third kappa shape index (κ3) is 14.6. The minimum absolute atomic E-state index is 0.00212. The fourth-order valence-corrected chi connectivity index (χ4v) is 2.91. The van der Waals surface area contributed by atoms with E-state index < -0.39 is 11.9 Å². The molecule has 4 nitrogen and oxygen atoms in total. The molecule has 0 aliphatic heterocycles. The molecule has 1 N–H and O–H groups in total. The van der Waals surface area contributed by atoms with Crippen LogP contribution < -0.4 is 4.74 Å². The minimum atomic E-state index is -1.11. The predicted octanol–water partition coefficient (Wildman–Crippen LogP) is 8.08. The lowest BCUT2D eigenvalue weighted by Gasteiger charge is -2.07. The van der Waals surface area contributed by atoms with Gasteiger partial charge >= 0.3 is 11.9 Å². The number of rotatable bonds is 16. The number of hydrogen-bond donors (Lipinski definition) is 1. The van der Waals surface area contributed by atoms with Crippen LogP contribution in [0.4, 0.5) is 0 Å². The highest BCUT2D eigenvalue weighted by Crippen LogP contribution is 2.20. The zero-order valence-electron chi connectivity index (χ0n) is 20.5. The van der Waals surface area contributed by atoms with Gasteiger partial charge in [0.2, 0.25) is 0 Å². The molecule has 0 amide bonds. The van der Waals surface area contributed by atoms with Crippen LogP contribution in [0.25, 0.3) is 0 Å². The van der Waals surface area contributed by atoms with E-state index in [9.17, 15) is 14.7 Å². The van der Waals surface area contributed by atoms with Gasteiger partial charge in [0.25, 0.3) is 0 Å². The number of ether oxygens (including phenoxy) is 1. The summed E-state index contributed by atoms with van der Waals surface area (Å²) in [6.45, 7) is 3.93. The van der Waals surface area contributed by atoms with E-state index >= 15 is 0 Å². The number of aromatic carboxylic acids is 1. The van der Waals surface area contributed by atoms with Crippen molar-refractivity contribution in [1.29, 1.82) is 0 Å². The summed E-state index contributed by atoms with van der Waals surface area (Å²) in [4.78, 5) is 23.3. The van der Waals surface area contributed by atoms with Crippen LogP contribution in [0.5, 0.6) is 5.75 Å². The van der Waals surface area contributed by atoms with Gasteiger partial charge in [0, 0.05) is 6.42 Å². The third-order valence-electron chi connectivity index (χ3n) is 4.70. The molecule has 0 atom stereocenters. The fourth-order valence-electron chi connectivity index (χ4n) is 2.91. The molecule has 0 fully saturated rings. The summed E-state index contributed by atoms with van der Waals surface area (Å²) in [5.74, 6) is -1.46. The van der Waals surface area contributed by atoms with Crippen molar-refractivity contribution >= 4 is 11.9 Å². The van der Waals surface area contributed by atoms with E-state index in [-0.39, 0.29) is 17.7 Å². The first-order valence-electron chi connectivity index (χ1n) is 12.0. The van der Waals surface area contributed by atoms with Gasteiger partial charge in [-0.15, -0.1) is 0 Å². The zero-order chi connectivity index (χ0) is 24.9. The van der Waals surface area contributed by atoms with E-state index in [1.54, 1.807) is 13.0 Å². The Kier molecular flexibility index (Phi) is 16.1. The van der Waals surface area contributed by atoms with Crippen molar-refractivity contribution in [2.75, 3.05) is 0 Å². The van der Waals surface area contributed by atoms with Crippen LogP contribution in [-0.4, -0.2) is 17.0 Å². The van der Waals surface area contributed by atoms with Crippen molar-refractivity contribution in [2.45, 2.75) is 65.2 Å². The highest BCUT2D eigenvalue weighted by Gasteiger charge is 2.14. The molecule has 0 saturated heterocycles. The van der Waals surface area contributed by atoms with Crippen molar-refractivity contribution in [3.8, 4) is 5.75 Å². The molecule has 0 radical (unpaired) electrons. The molecular formula is C30H38O4. The van der Waals surface area contributed by atoms with Gasteiger partial charge in [-0.1, -0.05) is 91.5 Å². The maximum atomic E-state index is 12.0. The lowest BCUT2D eigenvalue weighted by atomic mass is 10.1. The lowest BCUT2D eigenvalue weighted by molar-refractivity contribution is -0.134. The number of allylic oxidation sites excluding steroid dienone is 12. The number of carbonyl (C=O) groups excluding carboxylic acids is 1. The van der Waals surface area contributed by atoms with Gasteiger partial charge in [-0.05, 0) is 64.0 Å². The van der Waals surface area contributed by atoms with Crippen molar-refractivity contribution in [2.24, 2.45) is 0 Å². The second-order valence-electron chi connectivity index (χ2n) is 7.73. The predicted molar refractivity (Wildman–Crippen MR) is 141 cm³/mol. The van der Waals surface area contributed by atoms with E-state index in [0.29, 0.717) is 6.42 Å². The minimum Gasteiger partial charge on any atom is -0.478 e. The summed E-state index contributed by atoms with van der Waals surface area (Å²) in [7, 11) is 0. The maximum Gasteiger partial charge on any atom is 0.339 e. The van der Waals surface area contributed by atoms with Gasteiger partial charge in [-0.3, -0.25) is 4.79 Å². The van der Waals surface area contributed by atoms with Crippen LogP contribution in [0.3, 0.4) is 0 Å². The van der Waals surface area contributed by atoms with E-state index in [1.807, 2.05) is 12.2 Å². The Hall–Kier alpha value is -3.40. The molecule has 0 aromatic heterocycles. The molecule has 34 heavy (non-hydrogen) atoms. The second kappa shape index (κ2) is 19.1. The van der Waals surface area contributed by atoms with Crippen LogP contribution in [0.2, 0.25) is 0 Å². The molecule has 0 bridgehead atoms. The van der Waals surface area contributed by atoms with Crippen molar-refractivity contribution in [3.05, 3.63) is 102 Å². The molecule has 0 heterocycles. The second-order valence-corrected chi connectivity index (χ2v) is 7.73. The molecule has 4 heteroatoms. The van der Waals surface area contributed by atoms with Gasteiger partial charge in [0.15, 0.2) is 0 Å². The van der Waals surface area contributed by atoms with Crippen LogP contribution in [0, 0.1) is 6.92 Å². The number of carboxylic acid groups (broad SMARTS) is 1. The molecule has 182 valence electrons. The zero-order valence-corrected chi connectivity index (χ0v) is 20.5. The molecule has 1 aromatic rings. The molecule has 0 unspecified atom stereocenters. The maximum absolute atomic E-state index is 12.0. The van der Waals surface area contributed by atoms with Gasteiger partial charge in [-0.25, -0.2) is 4.79 Å². The fraction of sp³-hybridized carbons (Fsp3) is 0.333. The van der Waals surface area contributed by atoms with Crippen LogP contribution in [-0.2, 0) is 4.79 Å². The SMILES string of the molecule is CC/C=C\C/C=C\C/C=C\C/C=C\C/C=C\C/C=C\CCC(=O)Oc1ccc(C)cc1C(=O)O. The largest absolute Gasteiger partial charge is 0.478 e. The summed E-state index contributed by atoms with van der Waals surface area (Å²) in [6, 6.07) is 4.74. The molecule has 0 aliphatic rings. The van der Waals surface area contributed by atoms with Crippen molar-refractivity contribution in [3.63, 3.8) is 0 Å². The Bertz CT molecular complexity index is 914. The highest BCUT2D eigenvalue weighted by molar-refractivity contribution is 5.92. The third-order valence-corrected chi connectivity index (χ3v) is 4.70. The first kappa shape index (κ1) is 28.6. The Morgan fingerprint density at radius 3 is 1.71 bits per heavy atom.